The van der Waals surface area contributed by atoms with Crippen LogP contribution >= 0.6 is 0 Å². The molecule has 0 saturated heterocycles. The summed E-state index contributed by atoms with van der Waals surface area (Å²) in [5, 5.41) is 3.38. The molecule has 0 atom stereocenters. The van der Waals surface area contributed by atoms with E-state index in [1.165, 1.54) is 5.56 Å². The molecule has 4 nitrogen and oxygen atoms in total. The summed E-state index contributed by atoms with van der Waals surface area (Å²) in [4.78, 5) is 2.34. The highest BCUT2D eigenvalue weighted by Crippen LogP contribution is 2.15. The first-order chi connectivity index (χ1) is 9.83. The highest BCUT2D eigenvalue weighted by Gasteiger charge is 2.11. The van der Waals surface area contributed by atoms with Crippen molar-refractivity contribution in [1.82, 2.24) is 10.2 Å². The second kappa shape index (κ2) is 7.92. The van der Waals surface area contributed by atoms with Crippen LogP contribution in [-0.2, 0) is 19.6 Å². The van der Waals surface area contributed by atoms with E-state index in [-0.39, 0.29) is 0 Å². The van der Waals surface area contributed by atoms with Gasteiger partial charge in [0, 0.05) is 12.1 Å². The molecule has 0 spiro atoms. The molecule has 2 rings (SSSR count). The summed E-state index contributed by atoms with van der Waals surface area (Å²) in [5.41, 5.74) is 1.25. The Bertz CT molecular complexity index is 476. The molecule has 0 radical (unpaired) electrons. The van der Waals surface area contributed by atoms with E-state index < -0.39 is 0 Å². The highest BCUT2D eigenvalue weighted by molar-refractivity contribution is 5.17. The molecule has 1 N–H and O–H groups in total. The maximum absolute atomic E-state index is 5.58. The Morgan fingerprint density at radius 3 is 2.70 bits per heavy atom. The van der Waals surface area contributed by atoms with Crippen molar-refractivity contribution in [2.75, 3.05) is 13.1 Å². The SMILES string of the molecule is CCCNCc1occc1CN(CC)Cc1ccco1. The number of hydrogen-bond donors (Lipinski definition) is 1. The minimum Gasteiger partial charge on any atom is -0.468 e. The van der Waals surface area contributed by atoms with E-state index in [1.54, 1.807) is 12.5 Å². The molecule has 0 aliphatic heterocycles. The zero-order chi connectivity index (χ0) is 14.2. The molecule has 20 heavy (non-hydrogen) atoms. The summed E-state index contributed by atoms with van der Waals surface area (Å²) in [6, 6.07) is 6.01. The lowest BCUT2D eigenvalue weighted by Gasteiger charge is -2.19. The number of nitrogens with one attached hydrogen (secondary N) is 1. The van der Waals surface area contributed by atoms with Gasteiger partial charge in [-0.3, -0.25) is 4.90 Å². The quantitative estimate of drug-likeness (QED) is 0.713. The van der Waals surface area contributed by atoms with Crippen molar-refractivity contribution in [2.24, 2.45) is 0 Å². The fourth-order valence-corrected chi connectivity index (χ4v) is 2.19. The van der Waals surface area contributed by atoms with Gasteiger partial charge >= 0.3 is 0 Å². The number of hydrogen-bond acceptors (Lipinski definition) is 4. The molecule has 2 aromatic heterocycles. The van der Waals surface area contributed by atoms with Gasteiger partial charge < -0.3 is 14.2 Å². The van der Waals surface area contributed by atoms with Gasteiger partial charge in [-0.05, 0) is 37.7 Å². The molecule has 0 fully saturated rings. The fourth-order valence-electron chi connectivity index (χ4n) is 2.19. The van der Waals surface area contributed by atoms with E-state index in [2.05, 4.69) is 30.1 Å². The number of nitrogens with zero attached hydrogens (tertiary/aromatic N) is 1. The average Bonchev–Trinajstić information content (AvgIpc) is 3.10. The molecular weight excluding hydrogens is 252 g/mol. The third kappa shape index (κ3) is 4.25. The van der Waals surface area contributed by atoms with Gasteiger partial charge in [-0.25, -0.2) is 0 Å². The van der Waals surface area contributed by atoms with Crippen molar-refractivity contribution in [3.05, 3.63) is 47.8 Å². The molecule has 0 bridgehead atoms. The minimum absolute atomic E-state index is 0.800. The van der Waals surface area contributed by atoms with Crippen molar-refractivity contribution in [3.63, 3.8) is 0 Å². The van der Waals surface area contributed by atoms with Gasteiger partial charge in [-0.2, -0.15) is 0 Å². The predicted octanol–water partition coefficient (Wildman–Crippen LogP) is 3.39. The van der Waals surface area contributed by atoms with E-state index in [4.69, 9.17) is 8.83 Å². The molecule has 2 aromatic rings. The van der Waals surface area contributed by atoms with Crippen LogP contribution in [-0.4, -0.2) is 18.0 Å². The summed E-state index contributed by atoms with van der Waals surface area (Å²) >= 11 is 0. The first-order valence-electron chi connectivity index (χ1n) is 7.34. The second-order valence-electron chi connectivity index (χ2n) is 4.93. The van der Waals surface area contributed by atoms with Gasteiger partial charge in [0.05, 0.1) is 25.6 Å². The zero-order valence-electron chi connectivity index (χ0n) is 12.4. The third-order valence-electron chi connectivity index (χ3n) is 3.35. The van der Waals surface area contributed by atoms with E-state index >= 15 is 0 Å². The zero-order valence-corrected chi connectivity index (χ0v) is 12.4. The lowest BCUT2D eigenvalue weighted by molar-refractivity contribution is 0.245. The lowest BCUT2D eigenvalue weighted by atomic mass is 10.2. The highest BCUT2D eigenvalue weighted by atomic mass is 16.3. The molecule has 0 unspecified atom stereocenters. The van der Waals surface area contributed by atoms with Crippen LogP contribution in [0.3, 0.4) is 0 Å². The first-order valence-corrected chi connectivity index (χ1v) is 7.34. The van der Waals surface area contributed by atoms with Gasteiger partial charge in [0.1, 0.15) is 11.5 Å². The summed E-state index contributed by atoms with van der Waals surface area (Å²) in [5.74, 6) is 2.04. The predicted molar refractivity (Wildman–Crippen MR) is 79.2 cm³/mol. The van der Waals surface area contributed by atoms with Crippen LogP contribution < -0.4 is 5.32 Å². The maximum atomic E-state index is 5.58. The first kappa shape index (κ1) is 14.9. The molecule has 2 heterocycles. The van der Waals surface area contributed by atoms with Crippen molar-refractivity contribution >= 4 is 0 Å². The number of furan rings is 2. The Kier molecular flexibility index (Phi) is 5.89. The Morgan fingerprint density at radius 2 is 2.00 bits per heavy atom. The van der Waals surface area contributed by atoms with Gasteiger partial charge in [-0.15, -0.1) is 0 Å². The number of rotatable bonds is 9. The van der Waals surface area contributed by atoms with Crippen molar-refractivity contribution in [2.45, 2.75) is 39.9 Å². The van der Waals surface area contributed by atoms with Crippen molar-refractivity contribution in [1.29, 1.82) is 0 Å². The lowest BCUT2D eigenvalue weighted by Crippen LogP contribution is -2.23. The van der Waals surface area contributed by atoms with Crippen LogP contribution in [0.5, 0.6) is 0 Å². The topological polar surface area (TPSA) is 41.6 Å². The second-order valence-corrected chi connectivity index (χ2v) is 4.93. The smallest absolute Gasteiger partial charge is 0.122 e. The van der Waals surface area contributed by atoms with Crippen LogP contribution in [0.1, 0.15) is 37.4 Å². The third-order valence-corrected chi connectivity index (χ3v) is 3.35. The molecule has 4 heteroatoms. The summed E-state index contributed by atoms with van der Waals surface area (Å²) < 4.78 is 11.0. The Morgan fingerprint density at radius 1 is 1.10 bits per heavy atom. The van der Waals surface area contributed by atoms with Crippen LogP contribution in [0, 0.1) is 0 Å². The van der Waals surface area contributed by atoms with E-state index in [0.717, 1.165) is 50.7 Å². The van der Waals surface area contributed by atoms with Gasteiger partial charge in [0.25, 0.3) is 0 Å². The summed E-state index contributed by atoms with van der Waals surface area (Å²) in [7, 11) is 0. The van der Waals surface area contributed by atoms with Crippen LogP contribution in [0.15, 0.2) is 39.6 Å². The van der Waals surface area contributed by atoms with Gasteiger partial charge in [0.15, 0.2) is 0 Å². The fraction of sp³-hybridized carbons (Fsp3) is 0.500. The molecular formula is C16H24N2O2. The monoisotopic (exact) mass is 276 g/mol. The Hall–Kier alpha value is -1.52. The normalized spacial score (nSPS) is 11.3. The summed E-state index contributed by atoms with van der Waals surface area (Å²) in [6.07, 6.45) is 4.63. The molecule has 0 saturated carbocycles. The van der Waals surface area contributed by atoms with Gasteiger partial charge in [0.2, 0.25) is 0 Å². The van der Waals surface area contributed by atoms with E-state index in [0.29, 0.717) is 0 Å². The van der Waals surface area contributed by atoms with Crippen LogP contribution in [0.2, 0.25) is 0 Å². The largest absolute Gasteiger partial charge is 0.468 e. The maximum Gasteiger partial charge on any atom is 0.122 e. The van der Waals surface area contributed by atoms with Crippen molar-refractivity contribution < 1.29 is 8.83 Å². The van der Waals surface area contributed by atoms with Gasteiger partial charge in [-0.1, -0.05) is 13.8 Å². The molecule has 0 aromatic carbocycles. The summed E-state index contributed by atoms with van der Waals surface area (Å²) in [6.45, 7) is 8.84. The molecule has 0 amide bonds. The van der Waals surface area contributed by atoms with Crippen LogP contribution in [0.4, 0.5) is 0 Å². The minimum atomic E-state index is 0.800. The molecule has 0 aliphatic carbocycles. The average molecular weight is 276 g/mol. The molecule has 0 aliphatic rings. The van der Waals surface area contributed by atoms with E-state index in [9.17, 15) is 0 Å². The Labute approximate surface area is 120 Å². The van der Waals surface area contributed by atoms with Crippen LogP contribution in [0.25, 0.3) is 0 Å². The molecule has 110 valence electrons. The van der Waals surface area contributed by atoms with Crippen molar-refractivity contribution in [3.8, 4) is 0 Å². The van der Waals surface area contributed by atoms with E-state index in [1.807, 2.05) is 12.1 Å². The Balaban J connectivity index is 1.91. The standard InChI is InChI=1S/C16H24N2O2/c1-3-8-17-11-16-14(7-10-20-16)12-18(4-2)13-15-6-5-9-19-15/h5-7,9-10,17H,3-4,8,11-13H2,1-2H3.